The van der Waals surface area contributed by atoms with Gasteiger partial charge in [-0.1, -0.05) is 6.07 Å². The van der Waals surface area contributed by atoms with Crippen molar-refractivity contribution in [1.29, 1.82) is 0 Å². The Hall–Kier alpha value is -1.76. The van der Waals surface area contributed by atoms with Crippen LogP contribution in [0.2, 0.25) is 0 Å². The van der Waals surface area contributed by atoms with E-state index >= 15 is 0 Å². The molecule has 2 N–H and O–H groups in total. The summed E-state index contributed by atoms with van der Waals surface area (Å²) >= 11 is 0. The first kappa shape index (κ1) is 14.6. The summed E-state index contributed by atoms with van der Waals surface area (Å²) in [5, 5.41) is 5.20. The molecule has 1 aromatic rings. The van der Waals surface area contributed by atoms with Crippen LogP contribution in [-0.4, -0.2) is 43.5 Å². The molecular weight excluding hydrogens is 266 g/mol. The largest absolute Gasteiger partial charge is 0.362 e. The molecule has 1 aliphatic rings. The molecule has 0 aliphatic carbocycles. The Morgan fingerprint density at radius 1 is 1.60 bits per heavy atom. The second-order valence-corrected chi connectivity index (χ2v) is 5.09. The molecule has 1 aliphatic heterocycles. The summed E-state index contributed by atoms with van der Waals surface area (Å²) in [4.78, 5) is 17.9. The summed E-state index contributed by atoms with van der Waals surface area (Å²) in [6.07, 6.45) is 1.21. The predicted molar refractivity (Wildman–Crippen MR) is 71.8 cm³/mol. The number of hydrogen-bond donors (Lipinski definition) is 2. The van der Waals surface area contributed by atoms with Crippen LogP contribution in [0.1, 0.15) is 12.0 Å². The first-order valence-electron chi connectivity index (χ1n) is 6.39. The zero-order valence-corrected chi connectivity index (χ0v) is 11.5. The van der Waals surface area contributed by atoms with Crippen LogP contribution < -0.4 is 15.5 Å². The Labute approximate surface area is 116 Å². The fourth-order valence-corrected chi connectivity index (χ4v) is 2.18. The average molecular weight is 284 g/mol. The molecule has 0 radical (unpaired) electrons. The molecule has 1 fully saturated rings. The molecule has 110 valence electrons. The molecule has 0 spiro atoms. The predicted octanol–water partition coefficient (Wildman–Crippen LogP) is 0.761. The van der Waals surface area contributed by atoms with Gasteiger partial charge < -0.3 is 10.2 Å². The first-order valence-corrected chi connectivity index (χ1v) is 6.39. The van der Waals surface area contributed by atoms with Gasteiger partial charge in [0.15, 0.2) is 0 Å². The normalized spacial score (nSPS) is 20.7. The Morgan fingerprint density at radius 3 is 2.95 bits per heavy atom. The van der Waals surface area contributed by atoms with Gasteiger partial charge in [-0.2, -0.15) is 0 Å². The summed E-state index contributed by atoms with van der Waals surface area (Å²) < 4.78 is 26.1. The molecule has 7 heteroatoms. The lowest BCUT2D eigenvalue weighted by molar-refractivity contribution is -0.123. The lowest BCUT2D eigenvalue weighted by atomic mass is 10.1. The Morgan fingerprint density at radius 2 is 2.35 bits per heavy atom. The van der Waals surface area contributed by atoms with Gasteiger partial charge in [0.25, 0.3) is 5.92 Å². The van der Waals surface area contributed by atoms with Gasteiger partial charge in [0, 0.05) is 38.8 Å². The standard InChI is InChI=1S/C13H18F2N4O/c1-19(2)11-9(4-3-5-16-11)7-17-12(20)10-6-13(14,15)8-18-10/h3-5,10,18H,6-8H2,1-2H3,(H,17,20). The van der Waals surface area contributed by atoms with Gasteiger partial charge in [-0.15, -0.1) is 0 Å². The zero-order chi connectivity index (χ0) is 14.8. The van der Waals surface area contributed by atoms with Crippen LogP contribution in [0.5, 0.6) is 0 Å². The topological polar surface area (TPSA) is 57.3 Å². The van der Waals surface area contributed by atoms with Crippen LogP contribution in [0.25, 0.3) is 0 Å². The van der Waals surface area contributed by atoms with Crippen molar-refractivity contribution in [3.05, 3.63) is 23.9 Å². The molecule has 0 aromatic carbocycles. The second-order valence-electron chi connectivity index (χ2n) is 5.09. The zero-order valence-electron chi connectivity index (χ0n) is 11.5. The highest BCUT2D eigenvalue weighted by molar-refractivity contribution is 5.82. The number of rotatable bonds is 4. The number of nitrogens with one attached hydrogen (secondary N) is 2. The first-order chi connectivity index (χ1) is 9.39. The Kier molecular flexibility index (Phi) is 4.17. The fraction of sp³-hybridized carbons (Fsp3) is 0.538. The molecule has 20 heavy (non-hydrogen) atoms. The molecule has 1 saturated heterocycles. The van der Waals surface area contributed by atoms with Gasteiger partial charge in [-0.25, -0.2) is 13.8 Å². The lowest BCUT2D eigenvalue weighted by Crippen LogP contribution is -2.40. The van der Waals surface area contributed by atoms with Crippen molar-refractivity contribution in [2.24, 2.45) is 0 Å². The summed E-state index contributed by atoms with van der Waals surface area (Å²) in [6.45, 7) is -0.176. The van der Waals surface area contributed by atoms with Gasteiger partial charge in [0.1, 0.15) is 5.82 Å². The maximum atomic E-state index is 13.0. The number of carbonyl (C=O) groups excluding carboxylic acids is 1. The number of aromatic nitrogens is 1. The highest BCUT2D eigenvalue weighted by Gasteiger charge is 2.42. The van der Waals surface area contributed by atoms with Crippen LogP contribution in [0.15, 0.2) is 18.3 Å². The molecular formula is C13H18F2N4O. The number of carbonyl (C=O) groups is 1. The highest BCUT2D eigenvalue weighted by Crippen LogP contribution is 2.25. The number of pyridine rings is 1. The van der Waals surface area contributed by atoms with Crippen molar-refractivity contribution in [1.82, 2.24) is 15.6 Å². The Balaban J connectivity index is 1.94. The molecule has 0 bridgehead atoms. The van der Waals surface area contributed by atoms with E-state index in [1.165, 1.54) is 0 Å². The van der Waals surface area contributed by atoms with Crippen LogP contribution in [0, 0.1) is 0 Å². The number of hydrogen-bond acceptors (Lipinski definition) is 4. The molecule has 2 rings (SSSR count). The van der Waals surface area contributed by atoms with Gasteiger partial charge in [-0.05, 0) is 6.07 Å². The third-order valence-electron chi connectivity index (χ3n) is 3.17. The Bertz CT molecular complexity index is 493. The smallest absolute Gasteiger partial charge is 0.262 e. The van der Waals surface area contributed by atoms with Crippen molar-refractivity contribution in [2.45, 2.75) is 24.9 Å². The number of halogens is 2. The van der Waals surface area contributed by atoms with Crippen molar-refractivity contribution >= 4 is 11.7 Å². The summed E-state index contributed by atoms with van der Waals surface area (Å²) in [6, 6.07) is 2.79. The molecule has 2 heterocycles. The third kappa shape index (κ3) is 3.41. The monoisotopic (exact) mass is 284 g/mol. The number of anilines is 1. The number of alkyl halides is 2. The van der Waals surface area contributed by atoms with E-state index in [4.69, 9.17) is 0 Å². The maximum absolute atomic E-state index is 13.0. The number of nitrogens with zero attached hydrogens (tertiary/aromatic N) is 2. The minimum atomic E-state index is -2.80. The SMILES string of the molecule is CN(C)c1ncccc1CNC(=O)C1CC(F)(F)CN1. The van der Waals surface area contributed by atoms with Crippen molar-refractivity contribution < 1.29 is 13.6 Å². The van der Waals surface area contributed by atoms with E-state index in [1.54, 1.807) is 12.3 Å². The average Bonchev–Trinajstić information content (AvgIpc) is 2.76. The minimum absolute atomic E-state index is 0.268. The van der Waals surface area contributed by atoms with E-state index < -0.39 is 30.8 Å². The van der Waals surface area contributed by atoms with Crippen LogP contribution in [0.3, 0.4) is 0 Å². The van der Waals surface area contributed by atoms with Crippen molar-refractivity contribution in [3.63, 3.8) is 0 Å². The molecule has 1 unspecified atom stereocenters. The molecule has 0 saturated carbocycles. The lowest BCUT2D eigenvalue weighted by Gasteiger charge is -2.17. The van der Waals surface area contributed by atoms with Gasteiger partial charge in [0.05, 0.1) is 12.6 Å². The molecule has 1 aromatic heterocycles. The number of amides is 1. The van der Waals surface area contributed by atoms with E-state index in [-0.39, 0.29) is 6.54 Å². The summed E-state index contributed by atoms with van der Waals surface area (Å²) in [7, 11) is 3.71. The van der Waals surface area contributed by atoms with Gasteiger partial charge in [-0.3, -0.25) is 10.1 Å². The second kappa shape index (κ2) is 5.70. The molecule has 5 nitrogen and oxygen atoms in total. The van der Waals surface area contributed by atoms with E-state index in [9.17, 15) is 13.6 Å². The minimum Gasteiger partial charge on any atom is -0.362 e. The van der Waals surface area contributed by atoms with Crippen molar-refractivity contribution in [2.75, 3.05) is 25.5 Å². The van der Waals surface area contributed by atoms with Crippen LogP contribution in [0.4, 0.5) is 14.6 Å². The fourth-order valence-electron chi connectivity index (χ4n) is 2.18. The van der Waals surface area contributed by atoms with Crippen LogP contribution in [-0.2, 0) is 11.3 Å². The van der Waals surface area contributed by atoms with Gasteiger partial charge >= 0.3 is 0 Å². The molecule has 1 amide bonds. The highest BCUT2D eigenvalue weighted by atomic mass is 19.3. The van der Waals surface area contributed by atoms with Gasteiger partial charge in [0.2, 0.25) is 5.91 Å². The quantitative estimate of drug-likeness (QED) is 0.857. The van der Waals surface area contributed by atoms with E-state index in [0.29, 0.717) is 0 Å². The van der Waals surface area contributed by atoms with Crippen LogP contribution >= 0.6 is 0 Å². The maximum Gasteiger partial charge on any atom is 0.262 e. The van der Waals surface area contributed by atoms with E-state index in [0.717, 1.165) is 11.4 Å². The van der Waals surface area contributed by atoms with E-state index in [1.807, 2.05) is 25.1 Å². The molecule has 1 atom stereocenters. The van der Waals surface area contributed by atoms with E-state index in [2.05, 4.69) is 15.6 Å². The van der Waals surface area contributed by atoms with Crippen molar-refractivity contribution in [3.8, 4) is 0 Å². The third-order valence-corrected chi connectivity index (χ3v) is 3.17. The summed E-state index contributed by atoms with van der Waals surface area (Å²) in [5.41, 5.74) is 0.843. The summed E-state index contributed by atoms with van der Waals surface area (Å²) in [5.74, 6) is -2.46.